The van der Waals surface area contributed by atoms with E-state index in [1.54, 1.807) is 62.6 Å². The van der Waals surface area contributed by atoms with Crippen LogP contribution in [0.4, 0.5) is 11.4 Å². The predicted molar refractivity (Wildman–Crippen MR) is 105 cm³/mol. The lowest BCUT2D eigenvalue weighted by molar-refractivity contribution is -0.114. The van der Waals surface area contributed by atoms with Gasteiger partial charge < -0.3 is 5.32 Å². The highest BCUT2D eigenvalue weighted by molar-refractivity contribution is 7.92. The zero-order valence-electron chi connectivity index (χ0n) is 15.2. The summed E-state index contributed by atoms with van der Waals surface area (Å²) < 4.78 is 28.2. The van der Waals surface area contributed by atoms with Crippen molar-refractivity contribution >= 4 is 38.3 Å². The summed E-state index contributed by atoms with van der Waals surface area (Å²) >= 11 is 0. The van der Waals surface area contributed by atoms with Gasteiger partial charge in [-0.1, -0.05) is 18.2 Å². The molecule has 0 atom stereocenters. The number of imidazole rings is 1. The Balaban J connectivity index is 1.85. The number of carbonyl (C=O) groups is 1. The van der Waals surface area contributed by atoms with Crippen molar-refractivity contribution in [1.29, 1.82) is 0 Å². The SMILES string of the molecule is Cn1c(=O)n(C)c2cc(NC(=O)CN(c3ccccc3)S(C)(=O)=O)ccc21. The lowest BCUT2D eigenvalue weighted by Gasteiger charge is -2.21. The molecule has 142 valence electrons. The maximum atomic E-state index is 12.4. The second-order valence-corrected chi connectivity index (χ2v) is 8.16. The van der Waals surface area contributed by atoms with Crippen LogP contribution >= 0.6 is 0 Å². The number of nitrogens with zero attached hydrogens (tertiary/aromatic N) is 3. The van der Waals surface area contributed by atoms with E-state index in [-0.39, 0.29) is 12.2 Å². The number of hydrogen-bond donors (Lipinski definition) is 1. The van der Waals surface area contributed by atoms with Crippen molar-refractivity contribution < 1.29 is 13.2 Å². The number of rotatable bonds is 5. The number of hydrogen-bond acceptors (Lipinski definition) is 4. The average molecular weight is 388 g/mol. The van der Waals surface area contributed by atoms with Crippen LogP contribution in [0.5, 0.6) is 0 Å². The third-order valence-electron chi connectivity index (χ3n) is 4.29. The van der Waals surface area contributed by atoms with Gasteiger partial charge in [-0.2, -0.15) is 0 Å². The molecule has 0 unspecified atom stereocenters. The minimum absolute atomic E-state index is 0.166. The molecule has 3 aromatic rings. The fourth-order valence-corrected chi connectivity index (χ4v) is 3.77. The fourth-order valence-electron chi connectivity index (χ4n) is 2.91. The summed E-state index contributed by atoms with van der Waals surface area (Å²) in [6, 6.07) is 13.5. The zero-order valence-corrected chi connectivity index (χ0v) is 16.0. The second kappa shape index (κ2) is 6.92. The summed E-state index contributed by atoms with van der Waals surface area (Å²) in [6.45, 7) is -0.353. The molecule has 27 heavy (non-hydrogen) atoms. The first-order chi connectivity index (χ1) is 12.7. The van der Waals surface area contributed by atoms with Crippen LogP contribution in [0.25, 0.3) is 11.0 Å². The van der Waals surface area contributed by atoms with Crippen LogP contribution < -0.4 is 15.3 Å². The lowest BCUT2D eigenvalue weighted by atomic mass is 10.2. The first-order valence-corrected chi connectivity index (χ1v) is 10.0. The highest BCUT2D eigenvalue weighted by Crippen LogP contribution is 2.19. The van der Waals surface area contributed by atoms with Crippen molar-refractivity contribution in [1.82, 2.24) is 9.13 Å². The summed E-state index contributed by atoms with van der Waals surface area (Å²) in [4.78, 5) is 24.4. The molecule has 1 amide bonds. The maximum absolute atomic E-state index is 12.4. The van der Waals surface area contributed by atoms with Crippen LogP contribution in [0.3, 0.4) is 0 Å². The number of nitrogens with one attached hydrogen (secondary N) is 1. The number of anilines is 2. The van der Waals surface area contributed by atoms with Gasteiger partial charge in [0.25, 0.3) is 0 Å². The molecule has 3 rings (SSSR count). The number of benzene rings is 2. The molecule has 0 fully saturated rings. The van der Waals surface area contributed by atoms with Crippen molar-refractivity contribution in [3.05, 3.63) is 59.0 Å². The number of aromatic nitrogens is 2. The molecule has 8 nitrogen and oxygen atoms in total. The highest BCUT2D eigenvalue weighted by Gasteiger charge is 2.21. The van der Waals surface area contributed by atoms with Crippen molar-refractivity contribution in [2.75, 3.05) is 22.4 Å². The van der Waals surface area contributed by atoms with Gasteiger partial charge in [0.2, 0.25) is 15.9 Å². The van der Waals surface area contributed by atoms with Crippen LogP contribution in [-0.4, -0.2) is 36.3 Å². The van der Waals surface area contributed by atoms with Crippen LogP contribution in [-0.2, 0) is 28.9 Å². The van der Waals surface area contributed by atoms with Gasteiger partial charge in [-0.15, -0.1) is 0 Å². The van der Waals surface area contributed by atoms with Crippen molar-refractivity contribution in [2.24, 2.45) is 14.1 Å². The van der Waals surface area contributed by atoms with Crippen LogP contribution in [0, 0.1) is 0 Å². The minimum Gasteiger partial charge on any atom is -0.324 e. The smallest absolute Gasteiger partial charge is 0.324 e. The molecule has 0 saturated heterocycles. The number of aryl methyl sites for hydroxylation is 2. The van der Waals surface area contributed by atoms with E-state index in [0.717, 1.165) is 16.1 Å². The Hall–Kier alpha value is -3.07. The third kappa shape index (κ3) is 3.72. The van der Waals surface area contributed by atoms with E-state index in [0.29, 0.717) is 16.9 Å². The molecule has 2 aromatic carbocycles. The largest absolute Gasteiger partial charge is 0.328 e. The summed E-state index contributed by atoms with van der Waals surface area (Å²) in [6.07, 6.45) is 1.05. The molecule has 0 radical (unpaired) electrons. The molecule has 0 aliphatic rings. The minimum atomic E-state index is -3.63. The molecule has 0 aliphatic heterocycles. The number of para-hydroxylation sites is 1. The number of fused-ring (bicyclic) bond motifs is 1. The first-order valence-electron chi connectivity index (χ1n) is 8.16. The molecule has 0 bridgehead atoms. The maximum Gasteiger partial charge on any atom is 0.328 e. The fraction of sp³-hybridized carbons (Fsp3) is 0.222. The van der Waals surface area contributed by atoms with Gasteiger partial charge in [-0.3, -0.25) is 18.2 Å². The Morgan fingerprint density at radius 3 is 2.30 bits per heavy atom. The van der Waals surface area contributed by atoms with Crippen molar-refractivity contribution in [2.45, 2.75) is 0 Å². The van der Waals surface area contributed by atoms with Gasteiger partial charge in [-0.05, 0) is 30.3 Å². The van der Waals surface area contributed by atoms with Gasteiger partial charge >= 0.3 is 5.69 Å². The Morgan fingerprint density at radius 1 is 1.04 bits per heavy atom. The number of carbonyl (C=O) groups excluding carboxylic acids is 1. The third-order valence-corrected chi connectivity index (χ3v) is 5.43. The molecule has 1 aromatic heterocycles. The summed E-state index contributed by atoms with van der Waals surface area (Å²) in [5.41, 5.74) is 2.14. The molecule has 0 spiro atoms. The molecule has 0 saturated carbocycles. The monoisotopic (exact) mass is 388 g/mol. The molecular formula is C18H20N4O4S. The number of amides is 1. The van der Waals surface area contributed by atoms with Crippen LogP contribution in [0.2, 0.25) is 0 Å². The van der Waals surface area contributed by atoms with E-state index in [9.17, 15) is 18.0 Å². The quantitative estimate of drug-likeness (QED) is 0.713. The standard InChI is InChI=1S/C18H20N4O4S/c1-20-15-10-9-13(11-16(15)21(2)18(20)24)19-17(23)12-22(27(3,25)26)14-7-5-4-6-8-14/h4-11H,12H2,1-3H3,(H,19,23). The van der Waals surface area contributed by atoms with E-state index < -0.39 is 15.9 Å². The van der Waals surface area contributed by atoms with Crippen LogP contribution in [0.1, 0.15) is 0 Å². The molecule has 9 heteroatoms. The van der Waals surface area contributed by atoms with Crippen LogP contribution in [0.15, 0.2) is 53.3 Å². The van der Waals surface area contributed by atoms with Gasteiger partial charge in [0.15, 0.2) is 0 Å². The van der Waals surface area contributed by atoms with Gasteiger partial charge in [0.1, 0.15) is 6.54 Å². The Kier molecular flexibility index (Phi) is 4.79. The molecule has 0 aliphatic carbocycles. The van der Waals surface area contributed by atoms with E-state index in [4.69, 9.17) is 0 Å². The van der Waals surface area contributed by atoms with E-state index >= 15 is 0 Å². The van der Waals surface area contributed by atoms with Crippen molar-refractivity contribution in [3.63, 3.8) is 0 Å². The molecule has 1 N–H and O–H groups in total. The normalized spacial score (nSPS) is 11.5. The zero-order chi connectivity index (χ0) is 19.8. The van der Waals surface area contributed by atoms with Crippen molar-refractivity contribution in [3.8, 4) is 0 Å². The summed E-state index contributed by atoms with van der Waals surface area (Å²) in [5.74, 6) is -0.482. The average Bonchev–Trinajstić information content (AvgIpc) is 2.84. The van der Waals surface area contributed by atoms with E-state index in [2.05, 4.69) is 5.32 Å². The summed E-state index contributed by atoms with van der Waals surface area (Å²) in [5, 5.41) is 2.69. The van der Waals surface area contributed by atoms with Gasteiger partial charge in [-0.25, -0.2) is 13.2 Å². The Labute approximate surface area is 156 Å². The van der Waals surface area contributed by atoms with Gasteiger partial charge in [0.05, 0.1) is 23.0 Å². The first kappa shape index (κ1) is 18.7. The lowest BCUT2D eigenvalue weighted by Crippen LogP contribution is -2.37. The Morgan fingerprint density at radius 2 is 1.67 bits per heavy atom. The van der Waals surface area contributed by atoms with E-state index in [1.807, 2.05) is 0 Å². The molecular weight excluding hydrogens is 368 g/mol. The summed E-state index contributed by atoms with van der Waals surface area (Å²) in [7, 11) is -0.302. The molecule has 1 heterocycles. The van der Waals surface area contributed by atoms with Gasteiger partial charge in [0, 0.05) is 19.8 Å². The predicted octanol–water partition coefficient (Wildman–Crippen LogP) is 1.28. The topological polar surface area (TPSA) is 93.4 Å². The van der Waals surface area contributed by atoms with E-state index in [1.165, 1.54) is 9.13 Å². The second-order valence-electron chi connectivity index (χ2n) is 6.26. The highest BCUT2D eigenvalue weighted by atomic mass is 32.2. The Bertz CT molecular complexity index is 1160. The number of sulfonamides is 1.